The summed E-state index contributed by atoms with van der Waals surface area (Å²) in [5.41, 5.74) is 2.38. The monoisotopic (exact) mass is 249 g/mol. The summed E-state index contributed by atoms with van der Waals surface area (Å²) >= 11 is 0. The second-order valence-electron chi connectivity index (χ2n) is 4.86. The fourth-order valence-corrected chi connectivity index (χ4v) is 2.28. The van der Waals surface area contributed by atoms with Crippen molar-refractivity contribution in [2.45, 2.75) is 25.9 Å². The van der Waals surface area contributed by atoms with E-state index in [1.54, 1.807) is 0 Å². The third kappa shape index (κ3) is 2.64. The molecule has 1 aromatic carbocycles. The predicted octanol–water partition coefficient (Wildman–Crippen LogP) is 2.10. The maximum atomic E-state index is 11.0. The summed E-state index contributed by atoms with van der Waals surface area (Å²) in [5, 5.41) is 9.03. The van der Waals surface area contributed by atoms with Crippen molar-refractivity contribution in [3.63, 3.8) is 0 Å². The highest BCUT2D eigenvalue weighted by atomic mass is 16.5. The van der Waals surface area contributed by atoms with Gasteiger partial charge in [-0.15, -0.1) is 0 Å². The highest BCUT2D eigenvalue weighted by Gasteiger charge is 2.27. The van der Waals surface area contributed by atoms with Crippen LogP contribution in [0.4, 0.5) is 5.69 Å². The summed E-state index contributed by atoms with van der Waals surface area (Å²) in [7, 11) is 0. The van der Waals surface area contributed by atoms with Crippen LogP contribution in [0.5, 0.6) is 0 Å². The first-order valence-electron chi connectivity index (χ1n) is 6.28. The quantitative estimate of drug-likeness (QED) is 0.891. The predicted molar refractivity (Wildman–Crippen MR) is 70.1 cm³/mol. The molecule has 1 saturated heterocycles. The molecule has 0 radical (unpaired) electrons. The first-order chi connectivity index (χ1) is 8.59. The van der Waals surface area contributed by atoms with Crippen molar-refractivity contribution in [1.82, 2.24) is 0 Å². The van der Waals surface area contributed by atoms with Crippen LogP contribution < -0.4 is 4.90 Å². The summed E-state index contributed by atoms with van der Waals surface area (Å²) in [6.45, 7) is 5.91. The fraction of sp³-hybridized carbons (Fsp3) is 0.500. The zero-order valence-corrected chi connectivity index (χ0v) is 10.8. The van der Waals surface area contributed by atoms with E-state index in [1.807, 2.05) is 12.1 Å². The number of para-hydroxylation sites is 1. The minimum absolute atomic E-state index is 0.416. The molecule has 1 aromatic rings. The summed E-state index contributed by atoms with van der Waals surface area (Å²) < 4.78 is 5.25. The second kappa shape index (κ2) is 5.40. The molecule has 1 aliphatic heterocycles. The lowest BCUT2D eigenvalue weighted by Gasteiger charge is -2.34. The van der Waals surface area contributed by atoms with E-state index >= 15 is 0 Å². The molecule has 4 nitrogen and oxygen atoms in total. The molecule has 1 aliphatic rings. The molecule has 0 spiro atoms. The van der Waals surface area contributed by atoms with Gasteiger partial charge in [-0.05, 0) is 17.5 Å². The normalized spacial score (nSPS) is 20.2. The summed E-state index contributed by atoms with van der Waals surface area (Å²) in [4.78, 5) is 13.1. The van der Waals surface area contributed by atoms with Crippen molar-refractivity contribution < 1.29 is 14.6 Å². The second-order valence-corrected chi connectivity index (χ2v) is 4.86. The number of hydrogen-bond donors (Lipinski definition) is 1. The van der Waals surface area contributed by atoms with Crippen LogP contribution in [-0.2, 0) is 9.53 Å². The van der Waals surface area contributed by atoms with Crippen molar-refractivity contribution in [3.8, 4) is 0 Å². The van der Waals surface area contributed by atoms with E-state index in [4.69, 9.17) is 9.84 Å². The maximum absolute atomic E-state index is 11.0. The van der Waals surface area contributed by atoms with Gasteiger partial charge in [-0.2, -0.15) is 0 Å². The molecule has 4 heteroatoms. The maximum Gasteiger partial charge on any atom is 0.334 e. The SMILES string of the molecule is CC(C)c1ccccc1N1CCOC(C(=O)O)C1. The summed E-state index contributed by atoms with van der Waals surface area (Å²) in [5.74, 6) is -0.464. The molecular formula is C14H19NO3. The van der Waals surface area contributed by atoms with Gasteiger partial charge >= 0.3 is 5.97 Å². The smallest absolute Gasteiger partial charge is 0.334 e. The molecule has 0 amide bonds. The zero-order chi connectivity index (χ0) is 13.1. The van der Waals surface area contributed by atoms with Gasteiger partial charge in [0.25, 0.3) is 0 Å². The Hall–Kier alpha value is -1.55. The third-order valence-corrected chi connectivity index (χ3v) is 3.24. The number of rotatable bonds is 3. The first kappa shape index (κ1) is 12.9. The fourth-order valence-electron chi connectivity index (χ4n) is 2.28. The average Bonchev–Trinajstić information content (AvgIpc) is 2.39. The zero-order valence-electron chi connectivity index (χ0n) is 10.8. The number of benzene rings is 1. The molecule has 0 bridgehead atoms. The first-order valence-corrected chi connectivity index (χ1v) is 6.28. The highest BCUT2D eigenvalue weighted by molar-refractivity contribution is 5.74. The number of carboxylic acid groups (broad SMARTS) is 1. The van der Waals surface area contributed by atoms with E-state index in [0.717, 1.165) is 12.2 Å². The lowest BCUT2D eigenvalue weighted by Crippen LogP contribution is -2.46. The van der Waals surface area contributed by atoms with Gasteiger partial charge < -0.3 is 14.7 Å². The van der Waals surface area contributed by atoms with Crippen molar-refractivity contribution in [2.24, 2.45) is 0 Å². The van der Waals surface area contributed by atoms with Gasteiger partial charge in [0, 0.05) is 12.2 Å². The molecule has 98 valence electrons. The molecule has 0 aromatic heterocycles. The van der Waals surface area contributed by atoms with Crippen LogP contribution in [0.25, 0.3) is 0 Å². The molecule has 1 unspecified atom stereocenters. The van der Waals surface area contributed by atoms with Crippen LogP contribution in [0.3, 0.4) is 0 Å². The molecule has 1 atom stereocenters. The van der Waals surface area contributed by atoms with Crippen molar-refractivity contribution in [3.05, 3.63) is 29.8 Å². The molecule has 1 N–H and O–H groups in total. The highest BCUT2D eigenvalue weighted by Crippen LogP contribution is 2.28. The van der Waals surface area contributed by atoms with Gasteiger partial charge in [-0.25, -0.2) is 4.79 Å². The number of anilines is 1. The number of nitrogens with zero attached hydrogens (tertiary/aromatic N) is 1. The molecular weight excluding hydrogens is 230 g/mol. The number of carboxylic acids is 1. The Kier molecular flexibility index (Phi) is 3.87. The Morgan fingerprint density at radius 2 is 2.17 bits per heavy atom. The van der Waals surface area contributed by atoms with Gasteiger partial charge in [0.05, 0.1) is 13.2 Å². The van der Waals surface area contributed by atoms with E-state index in [9.17, 15) is 4.79 Å². The van der Waals surface area contributed by atoms with Gasteiger partial charge in [-0.1, -0.05) is 32.0 Å². The van der Waals surface area contributed by atoms with Gasteiger partial charge in [0.2, 0.25) is 0 Å². The van der Waals surface area contributed by atoms with Crippen LogP contribution in [0.2, 0.25) is 0 Å². The molecule has 0 aliphatic carbocycles. The van der Waals surface area contributed by atoms with E-state index in [1.165, 1.54) is 5.56 Å². The molecule has 2 rings (SSSR count). The van der Waals surface area contributed by atoms with Gasteiger partial charge in [0.1, 0.15) is 0 Å². The summed E-state index contributed by atoms with van der Waals surface area (Å²) in [6.07, 6.45) is -0.723. The number of hydrogen-bond acceptors (Lipinski definition) is 3. The van der Waals surface area contributed by atoms with Crippen LogP contribution >= 0.6 is 0 Å². The van der Waals surface area contributed by atoms with E-state index < -0.39 is 12.1 Å². The van der Waals surface area contributed by atoms with Gasteiger partial charge in [0.15, 0.2) is 6.10 Å². The number of carbonyl (C=O) groups is 1. The van der Waals surface area contributed by atoms with Crippen molar-refractivity contribution in [2.75, 3.05) is 24.6 Å². The van der Waals surface area contributed by atoms with Crippen LogP contribution in [0.15, 0.2) is 24.3 Å². The largest absolute Gasteiger partial charge is 0.479 e. The third-order valence-electron chi connectivity index (χ3n) is 3.24. The molecule has 0 saturated carbocycles. The number of morpholine rings is 1. The Labute approximate surface area is 107 Å². The van der Waals surface area contributed by atoms with Gasteiger partial charge in [-0.3, -0.25) is 0 Å². The lowest BCUT2D eigenvalue weighted by molar-refractivity contribution is -0.150. The van der Waals surface area contributed by atoms with Crippen LogP contribution in [0.1, 0.15) is 25.3 Å². The standard InChI is InChI=1S/C14H19NO3/c1-10(2)11-5-3-4-6-12(11)15-7-8-18-13(9-15)14(16)17/h3-6,10,13H,7-9H2,1-2H3,(H,16,17). The van der Waals surface area contributed by atoms with Crippen LogP contribution in [0, 0.1) is 0 Å². The minimum Gasteiger partial charge on any atom is -0.479 e. The number of aliphatic carboxylic acids is 1. The van der Waals surface area contributed by atoms with E-state index in [-0.39, 0.29) is 0 Å². The minimum atomic E-state index is -0.887. The Balaban J connectivity index is 2.23. The average molecular weight is 249 g/mol. The van der Waals surface area contributed by atoms with Crippen molar-refractivity contribution >= 4 is 11.7 Å². The summed E-state index contributed by atoms with van der Waals surface area (Å²) in [6, 6.07) is 8.17. The topological polar surface area (TPSA) is 49.8 Å². The molecule has 1 heterocycles. The molecule has 18 heavy (non-hydrogen) atoms. The van der Waals surface area contributed by atoms with E-state index in [2.05, 4.69) is 30.9 Å². The van der Waals surface area contributed by atoms with E-state index in [0.29, 0.717) is 19.1 Å². The Morgan fingerprint density at radius 1 is 1.44 bits per heavy atom. The Bertz CT molecular complexity index is 431. The molecule has 1 fully saturated rings. The lowest BCUT2D eigenvalue weighted by atomic mass is 10.00. The Morgan fingerprint density at radius 3 is 2.83 bits per heavy atom. The number of ether oxygens (including phenoxy) is 1. The van der Waals surface area contributed by atoms with Crippen LogP contribution in [-0.4, -0.2) is 36.9 Å². The van der Waals surface area contributed by atoms with Crippen molar-refractivity contribution in [1.29, 1.82) is 0 Å².